The number of aromatic amines is 1. The van der Waals surface area contributed by atoms with E-state index in [2.05, 4.69) is 18.8 Å². The molecule has 0 saturated carbocycles. The Kier molecular flexibility index (Phi) is 7.28. The van der Waals surface area contributed by atoms with E-state index in [-0.39, 0.29) is 12.1 Å². The van der Waals surface area contributed by atoms with Gasteiger partial charge in [0, 0.05) is 11.1 Å². The second-order valence-electron chi connectivity index (χ2n) is 7.49. The highest BCUT2D eigenvalue weighted by Crippen LogP contribution is 2.19. The van der Waals surface area contributed by atoms with Gasteiger partial charge in [0.1, 0.15) is 5.75 Å². The summed E-state index contributed by atoms with van der Waals surface area (Å²) in [5, 5.41) is 0.695. The summed E-state index contributed by atoms with van der Waals surface area (Å²) in [6.45, 7) is 8.64. The fourth-order valence-corrected chi connectivity index (χ4v) is 4.01. The van der Waals surface area contributed by atoms with Gasteiger partial charge in [-0.1, -0.05) is 23.7 Å². The Morgan fingerprint density at radius 1 is 1.00 bits per heavy atom. The Balaban J connectivity index is 2.12. The van der Waals surface area contributed by atoms with Crippen LogP contribution in [0.4, 0.5) is 5.69 Å². The summed E-state index contributed by atoms with van der Waals surface area (Å²) < 4.78 is 10.7. The van der Waals surface area contributed by atoms with Gasteiger partial charge < -0.3 is 9.72 Å². The Morgan fingerprint density at radius 2 is 1.63 bits per heavy atom. The largest absolute Gasteiger partial charge is 0.491 e. The van der Waals surface area contributed by atoms with Crippen molar-refractivity contribution in [2.45, 2.75) is 46.4 Å². The highest BCUT2D eigenvalue weighted by molar-refractivity contribution is 7.71. The minimum Gasteiger partial charge on any atom is -0.491 e. The van der Waals surface area contributed by atoms with E-state index in [4.69, 9.17) is 45.8 Å². The predicted molar refractivity (Wildman–Crippen MR) is 127 cm³/mol. The minimum atomic E-state index is 0.119. The van der Waals surface area contributed by atoms with Crippen molar-refractivity contribution in [3.8, 4) is 5.75 Å². The van der Waals surface area contributed by atoms with E-state index in [9.17, 15) is 0 Å². The first-order chi connectivity index (χ1) is 14.2. The molecule has 0 saturated heterocycles. The first kappa shape index (κ1) is 22.5. The molecule has 0 radical (unpaired) electrons. The highest BCUT2D eigenvalue weighted by atomic mass is 35.5. The van der Waals surface area contributed by atoms with Gasteiger partial charge in [-0.3, -0.25) is 9.13 Å². The van der Waals surface area contributed by atoms with Crippen LogP contribution in [0.15, 0.2) is 53.5 Å². The number of benzene rings is 2. The predicted octanol–water partition coefficient (Wildman–Crippen LogP) is 6.38. The van der Waals surface area contributed by atoms with Gasteiger partial charge in [-0.25, -0.2) is 4.99 Å². The Morgan fingerprint density at radius 3 is 2.20 bits per heavy atom. The topological polar surface area (TPSA) is 47.2 Å². The Bertz CT molecular complexity index is 1190. The summed E-state index contributed by atoms with van der Waals surface area (Å²) in [6.07, 6.45) is 0.119. The van der Waals surface area contributed by atoms with Crippen molar-refractivity contribution in [1.29, 1.82) is 0 Å². The second kappa shape index (κ2) is 9.73. The van der Waals surface area contributed by atoms with Crippen LogP contribution in [0.5, 0.6) is 5.75 Å². The number of nitrogens with one attached hydrogen (secondary N) is 1. The molecule has 1 aromatic heterocycles. The molecule has 0 fully saturated rings. The molecule has 0 unspecified atom stereocenters. The van der Waals surface area contributed by atoms with Crippen LogP contribution in [0, 0.1) is 9.54 Å². The van der Waals surface area contributed by atoms with Gasteiger partial charge in [0.25, 0.3) is 0 Å². The molecule has 8 heteroatoms. The monoisotopic (exact) mass is 460 g/mol. The van der Waals surface area contributed by atoms with Crippen molar-refractivity contribution in [3.05, 3.63) is 74.3 Å². The number of ether oxygens (including phenoxy) is 1. The van der Waals surface area contributed by atoms with Gasteiger partial charge in [0.05, 0.1) is 18.3 Å². The van der Waals surface area contributed by atoms with Crippen LogP contribution in [0.25, 0.3) is 0 Å². The van der Waals surface area contributed by atoms with E-state index in [0.29, 0.717) is 26.7 Å². The molecule has 0 aliphatic carbocycles. The molecule has 1 heterocycles. The first-order valence-corrected chi connectivity index (χ1v) is 11.0. The van der Waals surface area contributed by atoms with Gasteiger partial charge in [0.15, 0.2) is 9.54 Å². The quantitative estimate of drug-likeness (QED) is 0.434. The number of rotatable bonds is 6. The lowest BCUT2D eigenvalue weighted by Crippen LogP contribution is -2.30. The molecule has 0 atom stereocenters. The zero-order valence-electron chi connectivity index (χ0n) is 17.4. The third-order valence-corrected chi connectivity index (χ3v) is 5.31. The summed E-state index contributed by atoms with van der Waals surface area (Å²) in [5.41, 5.74) is 2.43. The maximum Gasteiger partial charge on any atom is 0.212 e. The van der Waals surface area contributed by atoms with E-state index < -0.39 is 0 Å². The molecular formula is C22H25ClN4OS2. The van der Waals surface area contributed by atoms with Gasteiger partial charge in [-0.05, 0) is 94.1 Å². The van der Waals surface area contributed by atoms with Crippen molar-refractivity contribution in [1.82, 2.24) is 14.1 Å². The SMILES string of the molecule is CC(C)Oc1ccc(/N=c2\[nH]c(=S)n(C(C)C)c(=S)n2Cc2ccc(Cl)cc2)cc1. The van der Waals surface area contributed by atoms with Crippen molar-refractivity contribution in [2.75, 3.05) is 0 Å². The van der Waals surface area contributed by atoms with E-state index in [1.54, 1.807) is 0 Å². The fraction of sp³-hybridized carbons (Fsp3) is 0.318. The molecule has 0 aliphatic rings. The smallest absolute Gasteiger partial charge is 0.212 e. The molecule has 5 nitrogen and oxygen atoms in total. The number of aromatic nitrogens is 3. The molecule has 3 rings (SSSR count). The maximum atomic E-state index is 6.04. The van der Waals surface area contributed by atoms with Crippen molar-refractivity contribution in [2.24, 2.45) is 4.99 Å². The molecule has 1 N–H and O–H groups in total. The zero-order chi connectivity index (χ0) is 21.8. The summed E-state index contributed by atoms with van der Waals surface area (Å²) in [6, 6.07) is 15.5. The lowest BCUT2D eigenvalue weighted by molar-refractivity contribution is 0.242. The van der Waals surface area contributed by atoms with Gasteiger partial charge in [-0.15, -0.1) is 0 Å². The number of H-pyrrole nitrogens is 1. The van der Waals surface area contributed by atoms with Gasteiger partial charge >= 0.3 is 0 Å². The lowest BCUT2D eigenvalue weighted by Gasteiger charge is -2.16. The number of nitrogens with zero attached hydrogens (tertiary/aromatic N) is 3. The lowest BCUT2D eigenvalue weighted by atomic mass is 10.2. The number of hydrogen-bond donors (Lipinski definition) is 1. The van der Waals surface area contributed by atoms with Crippen LogP contribution < -0.4 is 10.4 Å². The molecular weight excluding hydrogens is 436 g/mol. The van der Waals surface area contributed by atoms with E-state index >= 15 is 0 Å². The second-order valence-corrected chi connectivity index (χ2v) is 8.67. The zero-order valence-corrected chi connectivity index (χ0v) is 19.8. The normalized spacial score (nSPS) is 12.0. The van der Waals surface area contributed by atoms with Crippen LogP contribution in [-0.4, -0.2) is 20.2 Å². The summed E-state index contributed by atoms with van der Waals surface area (Å²) >= 11 is 17.4. The molecule has 30 heavy (non-hydrogen) atoms. The van der Waals surface area contributed by atoms with E-state index in [0.717, 1.165) is 17.0 Å². The van der Waals surface area contributed by atoms with Crippen molar-refractivity contribution < 1.29 is 4.74 Å². The third kappa shape index (κ3) is 5.47. The van der Waals surface area contributed by atoms with Gasteiger partial charge in [0.2, 0.25) is 5.62 Å². The summed E-state index contributed by atoms with van der Waals surface area (Å²) in [4.78, 5) is 8.02. The average Bonchev–Trinajstić information content (AvgIpc) is 2.67. The Hall–Kier alpha value is -2.22. The Labute approximate surface area is 191 Å². The van der Waals surface area contributed by atoms with Crippen molar-refractivity contribution in [3.63, 3.8) is 0 Å². The van der Waals surface area contributed by atoms with Crippen LogP contribution in [0.2, 0.25) is 5.02 Å². The summed E-state index contributed by atoms with van der Waals surface area (Å²) in [5.74, 6) is 0.806. The highest BCUT2D eigenvalue weighted by Gasteiger charge is 2.08. The molecule has 0 spiro atoms. The van der Waals surface area contributed by atoms with Gasteiger partial charge in [-0.2, -0.15) is 0 Å². The van der Waals surface area contributed by atoms with Crippen molar-refractivity contribution >= 4 is 41.7 Å². The first-order valence-electron chi connectivity index (χ1n) is 9.76. The van der Waals surface area contributed by atoms with Crippen LogP contribution in [-0.2, 0) is 6.54 Å². The molecule has 3 aromatic rings. The third-order valence-electron chi connectivity index (χ3n) is 4.34. The fourth-order valence-electron chi connectivity index (χ4n) is 2.98. The standard InChI is InChI=1S/C22H25ClN4OS2/c1-14(2)27-21(29)25-20(24-18-9-11-19(12-10-18)28-15(3)4)26(22(27)30)13-16-5-7-17(23)8-6-16/h5-12,14-15H,13H2,1-4H3,(H,24,25,29). The van der Waals surface area contributed by atoms with Crippen LogP contribution in [0.3, 0.4) is 0 Å². The van der Waals surface area contributed by atoms with Crippen LogP contribution >= 0.6 is 36.0 Å². The molecule has 158 valence electrons. The van der Waals surface area contributed by atoms with E-state index in [1.165, 1.54) is 0 Å². The maximum absolute atomic E-state index is 6.04. The number of hydrogen-bond acceptors (Lipinski definition) is 4. The minimum absolute atomic E-state index is 0.119. The molecule has 0 aliphatic heterocycles. The molecule has 2 aromatic carbocycles. The van der Waals surface area contributed by atoms with Crippen LogP contribution in [0.1, 0.15) is 39.3 Å². The molecule has 0 bridgehead atoms. The molecule has 0 amide bonds. The average molecular weight is 461 g/mol. The summed E-state index contributed by atoms with van der Waals surface area (Å²) in [7, 11) is 0. The van der Waals surface area contributed by atoms with E-state index in [1.807, 2.05) is 71.5 Å². The number of halogens is 1.